The van der Waals surface area contributed by atoms with Crippen molar-refractivity contribution in [3.05, 3.63) is 58.6 Å². The number of Topliss-reactive ketones (excluding diaryl/α,β-unsaturated/α-hetero) is 1. The molecular formula is C18H16ClNO5. The number of rotatable bonds is 7. The molecule has 7 heteroatoms. The lowest BCUT2D eigenvalue weighted by atomic mass is 10.1. The second-order valence-electron chi connectivity index (χ2n) is 5.17. The second kappa shape index (κ2) is 8.30. The summed E-state index contributed by atoms with van der Waals surface area (Å²) in [6.07, 6.45) is 0.0326. The zero-order chi connectivity index (χ0) is 18.4. The van der Waals surface area contributed by atoms with Crippen molar-refractivity contribution >= 4 is 34.9 Å². The van der Waals surface area contributed by atoms with Crippen LogP contribution in [0.1, 0.15) is 33.6 Å². The van der Waals surface area contributed by atoms with E-state index in [9.17, 15) is 14.4 Å². The molecule has 2 N–H and O–H groups in total. The van der Waals surface area contributed by atoms with Crippen molar-refractivity contribution in [2.75, 3.05) is 12.4 Å². The molecule has 0 fully saturated rings. The SMILES string of the molecule is COc1cc(NC(=O)CCC(=O)c2ccccc2)c(Cl)cc1C(=O)O. The zero-order valence-corrected chi connectivity index (χ0v) is 14.2. The van der Waals surface area contributed by atoms with Crippen LogP contribution >= 0.6 is 11.6 Å². The Hall–Kier alpha value is -2.86. The first-order chi connectivity index (χ1) is 11.9. The molecule has 0 aliphatic rings. The van der Waals surface area contributed by atoms with Gasteiger partial charge < -0.3 is 15.2 Å². The summed E-state index contributed by atoms with van der Waals surface area (Å²) in [7, 11) is 1.32. The maximum Gasteiger partial charge on any atom is 0.339 e. The van der Waals surface area contributed by atoms with Crippen LogP contribution in [0.15, 0.2) is 42.5 Å². The van der Waals surface area contributed by atoms with Gasteiger partial charge in [-0.1, -0.05) is 41.9 Å². The Morgan fingerprint density at radius 2 is 1.80 bits per heavy atom. The van der Waals surface area contributed by atoms with Crippen molar-refractivity contribution in [1.29, 1.82) is 0 Å². The maximum atomic E-state index is 12.0. The molecule has 2 aromatic carbocycles. The minimum absolute atomic E-state index is 0.0208. The summed E-state index contributed by atoms with van der Waals surface area (Å²) in [6.45, 7) is 0. The van der Waals surface area contributed by atoms with E-state index in [1.54, 1.807) is 30.3 Å². The topological polar surface area (TPSA) is 92.7 Å². The molecule has 0 spiro atoms. The minimum atomic E-state index is -1.19. The molecule has 0 heterocycles. The van der Waals surface area contributed by atoms with Gasteiger partial charge in [-0.05, 0) is 6.07 Å². The Morgan fingerprint density at radius 3 is 2.40 bits per heavy atom. The summed E-state index contributed by atoms with van der Waals surface area (Å²) in [5, 5.41) is 11.7. The van der Waals surface area contributed by atoms with E-state index in [1.807, 2.05) is 0 Å². The first-order valence-corrected chi connectivity index (χ1v) is 7.79. The monoisotopic (exact) mass is 361 g/mol. The molecule has 1 amide bonds. The van der Waals surface area contributed by atoms with Crippen LogP contribution in [-0.4, -0.2) is 29.9 Å². The van der Waals surface area contributed by atoms with Gasteiger partial charge in [-0.3, -0.25) is 9.59 Å². The van der Waals surface area contributed by atoms with Gasteiger partial charge in [-0.15, -0.1) is 0 Å². The number of carboxylic acids is 1. The van der Waals surface area contributed by atoms with Gasteiger partial charge >= 0.3 is 5.97 Å². The van der Waals surface area contributed by atoms with E-state index in [0.717, 1.165) is 0 Å². The van der Waals surface area contributed by atoms with Crippen LogP contribution in [0.25, 0.3) is 0 Å². The van der Waals surface area contributed by atoms with Crippen molar-refractivity contribution in [1.82, 2.24) is 0 Å². The van der Waals surface area contributed by atoms with Crippen molar-refractivity contribution in [2.45, 2.75) is 12.8 Å². The van der Waals surface area contributed by atoms with Crippen LogP contribution in [-0.2, 0) is 4.79 Å². The molecule has 0 atom stereocenters. The number of nitrogens with one attached hydrogen (secondary N) is 1. The molecule has 0 bridgehead atoms. The predicted molar refractivity (Wildman–Crippen MR) is 93.6 cm³/mol. The smallest absolute Gasteiger partial charge is 0.339 e. The number of carbonyl (C=O) groups excluding carboxylic acids is 2. The van der Waals surface area contributed by atoms with Gasteiger partial charge in [0, 0.05) is 24.5 Å². The van der Waals surface area contributed by atoms with E-state index in [4.69, 9.17) is 21.4 Å². The minimum Gasteiger partial charge on any atom is -0.496 e. The normalized spacial score (nSPS) is 10.2. The first-order valence-electron chi connectivity index (χ1n) is 7.41. The third-order valence-electron chi connectivity index (χ3n) is 3.47. The molecule has 0 saturated carbocycles. The van der Waals surface area contributed by atoms with Crippen LogP contribution < -0.4 is 10.1 Å². The number of ether oxygens (including phenoxy) is 1. The molecule has 0 aliphatic carbocycles. The lowest BCUT2D eigenvalue weighted by Gasteiger charge is -2.11. The molecule has 0 saturated heterocycles. The number of amides is 1. The van der Waals surface area contributed by atoms with Crippen molar-refractivity contribution in [3.63, 3.8) is 0 Å². The highest BCUT2D eigenvalue weighted by Gasteiger charge is 2.17. The Bertz CT molecular complexity index is 805. The summed E-state index contributed by atoms with van der Waals surface area (Å²) in [4.78, 5) is 35.2. The number of carboxylic acid groups (broad SMARTS) is 1. The van der Waals surface area contributed by atoms with Crippen molar-refractivity contribution in [3.8, 4) is 5.75 Å². The standard InChI is InChI=1S/C18H16ClNO5/c1-25-16-10-14(13(19)9-12(16)18(23)24)20-17(22)8-7-15(21)11-5-3-2-4-6-11/h2-6,9-10H,7-8H2,1H3,(H,20,22)(H,23,24). The van der Waals surface area contributed by atoms with E-state index in [1.165, 1.54) is 19.2 Å². The van der Waals surface area contributed by atoms with Gasteiger partial charge in [0.05, 0.1) is 17.8 Å². The Morgan fingerprint density at radius 1 is 1.12 bits per heavy atom. The molecule has 6 nitrogen and oxygen atoms in total. The van der Waals surface area contributed by atoms with E-state index in [0.29, 0.717) is 5.56 Å². The number of benzene rings is 2. The van der Waals surface area contributed by atoms with Crippen LogP contribution in [0, 0.1) is 0 Å². The summed E-state index contributed by atoms with van der Waals surface area (Å²) in [5.74, 6) is -1.66. The number of hydrogen-bond donors (Lipinski definition) is 2. The molecule has 2 aromatic rings. The molecular weight excluding hydrogens is 346 g/mol. The largest absolute Gasteiger partial charge is 0.496 e. The van der Waals surface area contributed by atoms with Crippen LogP contribution in [0.3, 0.4) is 0 Å². The van der Waals surface area contributed by atoms with Crippen LogP contribution in [0.5, 0.6) is 5.75 Å². The number of aromatic carboxylic acids is 1. The Kier molecular flexibility index (Phi) is 6.14. The number of halogens is 1. The maximum absolute atomic E-state index is 12.0. The van der Waals surface area contributed by atoms with Crippen LogP contribution in [0.2, 0.25) is 5.02 Å². The third-order valence-corrected chi connectivity index (χ3v) is 3.78. The molecule has 25 heavy (non-hydrogen) atoms. The highest BCUT2D eigenvalue weighted by Crippen LogP contribution is 2.31. The van der Waals surface area contributed by atoms with Gasteiger partial charge in [0.2, 0.25) is 5.91 Å². The highest BCUT2D eigenvalue weighted by molar-refractivity contribution is 6.34. The molecule has 130 valence electrons. The Labute approximate surface area is 149 Å². The summed E-state index contributed by atoms with van der Waals surface area (Å²) >= 11 is 6.00. The lowest BCUT2D eigenvalue weighted by Crippen LogP contribution is -2.14. The number of methoxy groups -OCH3 is 1. The third kappa shape index (κ3) is 4.81. The zero-order valence-electron chi connectivity index (χ0n) is 13.4. The van der Waals surface area contributed by atoms with Gasteiger partial charge in [-0.2, -0.15) is 0 Å². The number of ketones is 1. The fourth-order valence-corrected chi connectivity index (χ4v) is 2.40. The van der Waals surface area contributed by atoms with Gasteiger partial charge in [0.15, 0.2) is 5.78 Å². The molecule has 0 aliphatic heterocycles. The second-order valence-corrected chi connectivity index (χ2v) is 5.58. The molecule has 0 radical (unpaired) electrons. The number of carbonyl (C=O) groups is 3. The van der Waals surface area contributed by atoms with E-state index in [2.05, 4.69) is 5.32 Å². The lowest BCUT2D eigenvalue weighted by molar-refractivity contribution is -0.116. The van der Waals surface area contributed by atoms with Gasteiger partial charge in [-0.25, -0.2) is 4.79 Å². The highest BCUT2D eigenvalue weighted by atomic mass is 35.5. The molecule has 0 aromatic heterocycles. The molecule has 2 rings (SSSR count). The first kappa shape index (κ1) is 18.5. The summed E-state index contributed by atoms with van der Waals surface area (Å²) < 4.78 is 5.00. The average Bonchev–Trinajstić information content (AvgIpc) is 2.61. The van der Waals surface area contributed by atoms with Gasteiger partial charge in [0.1, 0.15) is 11.3 Å². The number of hydrogen-bond acceptors (Lipinski definition) is 4. The quantitative estimate of drug-likeness (QED) is 0.734. The van der Waals surface area contributed by atoms with Gasteiger partial charge in [0.25, 0.3) is 0 Å². The fraction of sp³-hybridized carbons (Fsp3) is 0.167. The molecule has 0 unspecified atom stereocenters. The number of anilines is 1. The fourth-order valence-electron chi connectivity index (χ4n) is 2.19. The summed E-state index contributed by atoms with van der Waals surface area (Å²) in [5.41, 5.74) is 0.659. The van der Waals surface area contributed by atoms with Crippen molar-refractivity contribution < 1.29 is 24.2 Å². The van der Waals surface area contributed by atoms with E-state index in [-0.39, 0.29) is 40.6 Å². The average molecular weight is 362 g/mol. The van der Waals surface area contributed by atoms with E-state index < -0.39 is 11.9 Å². The Balaban J connectivity index is 2.03. The van der Waals surface area contributed by atoms with E-state index >= 15 is 0 Å². The predicted octanol–water partition coefficient (Wildman–Crippen LogP) is 3.65. The van der Waals surface area contributed by atoms with Crippen LogP contribution in [0.4, 0.5) is 5.69 Å². The summed E-state index contributed by atoms with van der Waals surface area (Å²) in [6, 6.07) is 11.2. The van der Waals surface area contributed by atoms with Crippen molar-refractivity contribution in [2.24, 2.45) is 0 Å².